The van der Waals surface area contributed by atoms with Crippen LogP contribution in [0.4, 0.5) is 5.95 Å². The van der Waals surface area contributed by atoms with Crippen molar-refractivity contribution < 1.29 is 18.3 Å². The topological polar surface area (TPSA) is 104 Å². The van der Waals surface area contributed by atoms with Crippen LogP contribution in [0, 0.1) is 0 Å². The molecule has 0 radical (unpaired) electrons. The van der Waals surface area contributed by atoms with E-state index in [1.807, 2.05) is 4.90 Å². The van der Waals surface area contributed by atoms with Crippen molar-refractivity contribution in [3.05, 3.63) is 18.5 Å². The quantitative estimate of drug-likeness (QED) is 0.775. The van der Waals surface area contributed by atoms with E-state index in [0.717, 1.165) is 0 Å². The SMILES string of the molecule is O=C(O)CCCS(=O)(=O)N1CCN(c2ncccn2)CC1. The van der Waals surface area contributed by atoms with E-state index >= 15 is 0 Å². The summed E-state index contributed by atoms with van der Waals surface area (Å²) in [5, 5.41) is 8.55. The molecule has 0 unspecified atom stereocenters. The molecule has 1 saturated heterocycles. The molecule has 0 aromatic carbocycles. The predicted molar refractivity (Wildman–Crippen MR) is 76.5 cm³/mol. The third-order valence-corrected chi connectivity index (χ3v) is 5.22. The van der Waals surface area contributed by atoms with E-state index in [-0.39, 0.29) is 18.6 Å². The minimum Gasteiger partial charge on any atom is -0.481 e. The number of aromatic nitrogens is 2. The number of piperazine rings is 1. The van der Waals surface area contributed by atoms with Gasteiger partial charge in [-0.05, 0) is 12.5 Å². The Labute approximate surface area is 123 Å². The number of aliphatic carboxylic acids is 1. The monoisotopic (exact) mass is 314 g/mol. The minimum atomic E-state index is -3.38. The second-order valence-corrected chi connectivity index (χ2v) is 6.84. The number of sulfonamides is 1. The molecule has 0 spiro atoms. The van der Waals surface area contributed by atoms with E-state index in [9.17, 15) is 13.2 Å². The molecule has 1 aliphatic rings. The first kappa shape index (κ1) is 15.6. The van der Waals surface area contributed by atoms with Crippen molar-refractivity contribution in [3.63, 3.8) is 0 Å². The maximum Gasteiger partial charge on any atom is 0.303 e. The summed E-state index contributed by atoms with van der Waals surface area (Å²) in [4.78, 5) is 20.6. The van der Waals surface area contributed by atoms with E-state index < -0.39 is 16.0 Å². The molecule has 1 fully saturated rings. The molecule has 2 rings (SSSR count). The molecule has 1 aliphatic heterocycles. The Kier molecular flexibility index (Phi) is 5.07. The van der Waals surface area contributed by atoms with Crippen LogP contribution in [0.1, 0.15) is 12.8 Å². The van der Waals surface area contributed by atoms with Gasteiger partial charge in [0.2, 0.25) is 16.0 Å². The zero-order chi connectivity index (χ0) is 15.3. The number of carboxylic acids is 1. The van der Waals surface area contributed by atoms with Crippen LogP contribution >= 0.6 is 0 Å². The number of carboxylic acid groups (broad SMARTS) is 1. The Morgan fingerprint density at radius 2 is 1.81 bits per heavy atom. The highest BCUT2D eigenvalue weighted by Gasteiger charge is 2.27. The van der Waals surface area contributed by atoms with Crippen molar-refractivity contribution in [2.75, 3.05) is 36.8 Å². The molecule has 1 N–H and O–H groups in total. The van der Waals surface area contributed by atoms with Crippen LogP contribution in [0.3, 0.4) is 0 Å². The van der Waals surface area contributed by atoms with E-state index in [4.69, 9.17) is 5.11 Å². The molecule has 0 saturated carbocycles. The summed E-state index contributed by atoms with van der Waals surface area (Å²) >= 11 is 0. The lowest BCUT2D eigenvalue weighted by atomic mass is 10.3. The summed E-state index contributed by atoms with van der Waals surface area (Å²) in [6.45, 7) is 1.80. The van der Waals surface area contributed by atoms with Crippen molar-refractivity contribution in [3.8, 4) is 0 Å². The van der Waals surface area contributed by atoms with Crippen LogP contribution < -0.4 is 4.90 Å². The Hall–Kier alpha value is -1.74. The highest BCUT2D eigenvalue weighted by atomic mass is 32.2. The fourth-order valence-corrected chi connectivity index (χ4v) is 3.64. The summed E-state index contributed by atoms with van der Waals surface area (Å²) in [5.74, 6) is -0.502. The maximum absolute atomic E-state index is 12.1. The summed E-state index contributed by atoms with van der Waals surface area (Å²) in [6, 6.07) is 1.73. The van der Waals surface area contributed by atoms with E-state index in [1.54, 1.807) is 18.5 Å². The van der Waals surface area contributed by atoms with Gasteiger partial charge in [-0.25, -0.2) is 18.4 Å². The van der Waals surface area contributed by atoms with E-state index in [1.165, 1.54) is 4.31 Å². The fourth-order valence-electron chi connectivity index (χ4n) is 2.16. The lowest BCUT2D eigenvalue weighted by Gasteiger charge is -2.33. The fraction of sp³-hybridized carbons (Fsp3) is 0.583. The second-order valence-electron chi connectivity index (χ2n) is 4.75. The van der Waals surface area contributed by atoms with Gasteiger partial charge in [-0.1, -0.05) is 0 Å². The van der Waals surface area contributed by atoms with Gasteiger partial charge in [-0.15, -0.1) is 0 Å². The minimum absolute atomic E-state index is 0.124. The highest BCUT2D eigenvalue weighted by Crippen LogP contribution is 2.13. The predicted octanol–water partition coefficient (Wildman–Crippen LogP) is -0.207. The molecule has 0 aliphatic carbocycles. The third-order valence-electron chi connectivity index (χ3n) is 3.26. The summed E-state index contributed by atoms with van der Waals surface area (Å²) in [7, 11) is -3.38. The Bertz CT molecular complexity index is 570. The van der Waals surface area contributed by atoms with Crippen LogP contribution in [0.2, 0.25) is 0 Å². The third kappa shape index (κ3) is 4.36. The zero-order valence-corrected chi connectivity index (χ0v) is 12.4. The molecule has 2 heterocycles. The first-order chi connectivity index (χ1) is 9.99. The number of hydrogen-bond acceptors (Lipinski definition) is 6. The molecule has 9 heteroatoms. The molecule has 0 amide bonds. The Morgan fingerprint density at radius 3 is 2.38 bits per heavy atom. The van der Waals surface area contributed by atoms with Crippen LogP contribution in [0.5, 0.6) is 0 Å². The summed E-state index contributed by atoms with van der Waals surface area (Å²) in [6.07, 6.45) is 3.31. The van der Waals surface area contributed by atoms with Crippen LogP contribution in [0.25, 0.3) is 0 Å². The first-order valence-corrected chi connectivity index (χ1v) is 8.31. The van der Waals surface area contributed by atoms with Gasteiger partial charge in [-0.2, -0.15) is 4.31 Å². The van der Waals surface area contributed by atoms with Gasteiger partial charge >= 0.3 is 5.97 Å². The van der Waals surface area contributed by atoms with Gasteiger partial charge in [0, 0.05) is 45.0 Å². The molecule has 1 aromatic rings. The Balaban J connectivity index is 1.87. The number of rotatable bonds is 6. The second kappa shape index (κ2) is 6.81. The van der Waals surface area contributed by atoms with E-state index in [0.29, 0.717) is 32.1 Å². The van der Waals surface area contributed by atoms with Crippen LogP contribution in [-0.2, 0) is 14.8 Å². The van der Waals surface area contributed by atoms with Crippen molar-refractivity contribution >= 4 is 21.9 Å². The lowest BCUT2D eigenvalue weighted by Crippen LogP contribution is -2.49. The highest BCUT2D eigenvalue weighted by molar-refractivity contribution is 7.89. The number of carbonyl (C=O) groups is 1. The number of nitrogens with zero attached hydrogens (tertiary/aromatic N) is 4. The van der Waals surface area contributed by atoms with Crippen molar-refractivity contribution in [2.24, 2.45) is 0 Å². The molecule has 0 atom stereocenters. The molecular formula is C12H18N4O4S. The zero-order valence-electron chi connectivity index (χ0n) is 11.6. The average molecular weight is 314 g/mol. The normalized spacial score (nSPS) is 16.9. The van der Waals surface area contributed by atoms with Crippen LogP contribution in [-0.4, -0.2) is 65.7 Å². The van der Waals surface area contributed by atoms with Gasteiger partial charge in [0.15, 0.2) is 0 Å². The van der Waals surface area contributed by atoms with Gasteiger partial charge in [-0.3, -0.25) is 4.79 Å². The lowest BCUT2D eigenvalue weighted by molar-refractivity contribution is -0.137. The van der Waals surface area contributed by atoms with Crippen LogP contribution in [0.15, 0.2) is 18.5 Å². The summed E-state index contributed by atoms with van der Waals surface area (Å²) < 4.78 is 25.6. The smallest absolute Gasteiger partial charge is 0.303 e. The van der Waals surface area contributed by atoms with Gasteiger partial charge in [0.1, 0.15) is 0 Å². The van der Waals surface area contributed by atoms with Crippen molar-refractivity contribution in [1.29, 1.82) is 0 Å². The molecule has 8 nitrogen and oxygen atoms in total. The van der Waals surface area contributed by atoms with E-state index in [2.05, 4.69) is 9.97 Å². The average Bonchev–Trinajstić information content (AvgIpc) is 2.48. The Morgan fingerprint density at radius 1 is 1.19 bits per heavy atom. The summed E-state index contributed by atoms with van der Waals surface area (Å²) in [5.41, 5.74) is 0. The molecule has 21 heavy (non-hydrogen) atoms. The molecule has 116 valence electrons. The molecule has 0 bridgehead atoms. The number of hydrogen-bond donors (Lipinski definition) is 1. The number of anilines is 1. The van der Waals surface area contributed by atoms with Crippen molar-refractivity contribution in [1.82, 2.24) is 14.3 Å². The first-order valence-electron chi connectivity index (χ1n) is 6.70. The van der Waals surface area contributed by atoms with Gasteiger partial charge in [0.25, 0.3) is 0 Å². The maximum atomic E-state index is 12.1. The molecule has 1 aromatic heterocycles. The standard InChI is InChI=1S/C12H18N4O4S/c17-11(18)3-1-10-21(19,20)16-8-6-15(7-9-16)12-13-4-2-5-14-12/h2,4-5H,1,3,6-10H2,(H,17,18). The molecular weight excluding hydrogens is 296 g/mol. The van der Waals surface area contributed by atoms with Gasteiger partial charge in [0.05, 0.1) is 5.75 Å². The van der Waals surface area contributed by atoms with Gasteiger partial charge < -0.3 is 10.0 Å². The largest absolute Gasteiger partial charge is 0.481 e. The van der Waals surface area contributed by atoms with Crippen molar-refractivity contribution in [2.45, 2.75) is 12.8 Å².